The first kappa shape index (κ1) is 18.6. The second-order valence-corrected chi connectivity index (χ2v) is 6.90. The second kappa shape index (κ2) is 6.88. The van der Waals surface area contributed by atoms with Crippen LogP contribution in [-0.4, -0.2) is 48.1 Å². The van der Waals surface area contributed by atoms with Gasteiger partial charge in [0, 0.05) is 22.7 Å². The van der Waals surface area contributed by atoms with Crippen molar-refractivity contribution in [2.24, 2.45) is 0 Å². The Morgan fingerprint density at radius 1 is 1.30 bits per heavy atom. The van der Waals surface area contributed by atoms with E-state index < -0.39 is 23.1 Å². The number of anilines is 1. The third kappa shape index (κ3) is 4.00. The average molecular weight is 376 g/mol. The number of carboxylic acids is 1. The summed E-state index contributed by atoms with van der Waals surface area (Å²) in [5.41, 5.74) is 2.97. The molecule has 0 bridgehead atoms. The summed E-state index contributed by atoms with van der Waals surface area (Å²) in [6.07, 6.45) is 3.60. The summed E-state index contributed by atoms with van der Waals surface area (Å²) < 4.78 is 27.8. The van der Waals surface area contributed by atoms with Crippen molar-refractivity contribution in [3.05, 3.63) is 36.3 Å². The van der Waals surface area contributed by atoms with E-state index in [1.165, 1.54) is 11.1 Å². The van der Waals surface area contributed by atoms with E-state index in [0.717, 1.165) is 12.4 Å². The Balaban J connectivity index is 2.01. The van der Waals surface area contributed by atoms with Gasteiger partial charge < -0.3 is 10.1 Å². The highest BCUT2D eigenvalue weighted by molar-refractivity contribution is 5.91. The van der Waals surface area contributed by atoms with Gasteiger partial charge in [0.05, 0.1) is 12.4 Å². The molecule has 0 unspecified atom stereocenters. The molecule has 0 saturated carbocycles. The number of nitrogens with one attached hydrogen (secondary N) is 2. The zero-order chi connectivity index (χ0) is 19.8. The van der Waals surface area contributed by atoms with Gasteiger partial charge in [0.25, 0.3) is 0 Å². The van der Waals surface area contributed by atoms with E-state index in [0.29, 0.717) is 16.6 Å². The topological polar surface area (TPSA) is 107 Å². The first-order valence-corrected chi connectivity index (χ1v) is 8.07. The fraction of sp³-hybridized carbons (Fsp3) is 0.294. The summed E-state index contributed by atoms with van der Waals surface area (Å²) in [7, 11) is 0. The molecule has 10 heteroatoms. The van der Waals surface area contributed by atoms with Gasteiger partial charge in [0.15, 0.2) is 17.5 Å². The number of aromatic amines is 1. The maximum atomic E-state index is 14.2. The quantitative estimate of drug-likeness (QED) is 0.588. The molecule has 0 atom stereocenters. The van der Waals surface area contributed by atoms with Crippen molar-refractivity contribution < 1.29 is 18.7 Å². The van der Waals surface area contributed by atoms with E-state index in [1.807, 2.05) is 0 Å². The monoisotopic (exact) mass is 376 g/mol. The lowest BCUT2D eigenvalue weighted by atomic mass is 10.1. The molecule has 3 heterocycles. The van der Waals surface area contributed by atoms with Crippen LogP contribution in [0.2, 0.25) is 0 Å². The molecule has 0 aliphatic rings. The highest BCUT2D eigenvalue weighted by Gasteiger charge is 2.25. The van der Waals surface area contributed by atoms with Crippen LogP contribution in [-0.2, 0) is 4.79 Å². The van der Waals surface area contributed by atoms with Crippen LogP contribution in [0.4, 0.5) is 14.6 Å². The minimum Gasteiger partial charge on any atom is -0.480 e. The highest BCUT2D eigenvalue weighted by atomic mass is 19.1. The number of carbonyl (C=O) groups is 1. The lowest BCUT2D eigenvalue weighted by molar-refractivity contribution is -0.139. The number of pyridine rings is 1. The lowest BCUT2D eigenvalue weighted by Crippen LogP contribution is -2.48. The standard InChI is InChI=1S/C17H18F2N6O2/c1-17(2,3)25(8-13(26)27)24-16-12(19)7-22-15(23-16)11-6-21-14-10(11)4-9(18)5-20-14/h4-7H,8H2,1-3H3,(H,20,21)(H,26,27)(H,22,23,24). The molecule has 0 aromatic carbocycles. The maximum Gasteiger partial charge on any atom is 0.319 e. The van der Waals surface area contributed by atoms with Crippen LogP contribution in [0.5, 0.6) is 0 Å². The largest absolute Gasteiger partial charge is 0.480 e. The molecule has 0 aliphatic heterocycles. The molecule has 0 fully saturated rings. The molecule has 0 amide bonds. The number of hydrogen-bond acceptors (Lipinski definition) is 6. The van der Waals surface area contributed by atoms with Gasteiger partial charge in [0.2, 0.25) is 0 Å². The Hall–Kier alpha value is -3.14. The van der Waals surface area contributed by atoms with Crippen molar-refractivity contribution in [1.82, 2.24) is 24.9 Å². The molecule has 0 aliphatic carbocycles. The molecular formula is C17H18F2N6O2. The summed E-state index contributed by atoms with van der Waals surface area (Å²) in [6.45, 7) is 4.95. The number of fused-ring (bicyclic) bond motifs is 1. The highest BCUT2D eigenvalue weighted by Crippen LogP contribution is 2.27. The van der Waals surface area contributed by atoms with Crippen LogP contribution in [0.25, 0.3) is 22.4 Å². The fourth-order valence-electron chi connectivity index (χ4n) is 2.45. The first-order valence-electron chi connectivity index (χ1n) is 8.07. The SMILES string of the molecule is CC(C)(C)N(CC(=O)O)Nc1nc(-c2c[nH]c3ncc(F)cc23)ncc1F. The molecular weight excluding hydrogens is 358 g/mol. The van der Waals surface area contributed by atoms with E-state index in [9.17, 15) is 13.6 Å². The van der Waals surface area contributed by atoms with Crippen LogP contribution in [0, 0.1) is 11.6 Å². The van der Waals surface area contributed by atoms with E-state index in [1.54, 1.807) is 27.0 Å². The van der Waals surface area contributed by atoms with Gasteiger partial charge in [-0.2, -0.15) is 0 Å². The Bertz CT molecular complexity index is 999. The smallest absolute Gasteiger partial charge is 0.319 e. The zero-order valence-electron chi connectivity index (χ0n) is 14.9. The number of hydrazine groups is 1. The van der Waals surface area contributed by atoms with Crippen molar-refractivity contribution in [2.45, 2.75) is 26.3 Å². The zero-order valence-corrected chi connectivity index (χ0v) is 14.9. The van der Waals surface area contributed by atoms with Crippen LogP contribution in [0.15, 0.2) is 24.7 Å². The molecule has 3 N–H and O–H groups in total. The van der Waals surface area contributed by atoms with Crippen molar-refractivity contribution in [3.8, 4) is 11.4 Å². The van der Waals surface area contributed by atoms with E-state index in [4.69, 9.17) is 5.11 Å². The molecule has 8 nitrogen and oxygen atoms in total. The summed E-state index contributed by atoms with van der Waals surface area (Å²) in [5, 5.41) is 10.9. The number of H-pyrrole nitrogens is 1. The third-order valence-electron chi connectivity index (χ3n) is 3.83. The van der Waals surface area contributed by atoms with Crippen LogP contribution in [0.1, 0.15) is 20.8 Å². The molecule has 3 aromatic rings. The van der Waals surface area contributed by atoms with Gasteiger partial charge in [-0.15, -0.1) is 0 Å². The van der Waals surface area contributed by atoms with Gasteiger partial charge in [-0.3, -0.25) is 10.2 Å². The first-order chi connectivity index (χ1) is 12.6. The third-order valence-corrected chi connectivity index (χ3v) is 3.83. The Kier molecular flexibility index (Phi) is 4.75. The Labute approximate surface area is 153 Å². The number of nitrogens with zero attached hydrogens (tertiary/aromatic N) is 4. The number of hydrogen-bond donors (Lipinski definition) is 3. The summed E-state index contributed by atoms with van der Waals surface area (Å²) in [6, 6.07) is 1.28. The molecule has 3 rings (SSSR count). The summed E-state index contributed by atoms with van der Waals surface area (Å²) >= 11 is 0. The molecule has 3 aromatic heterocycles. The number of carboxylic acid groups (broad SMARTS) is 1. The van der Waals surface area contributed by atoms with Crippen LogP contribution in [0.3, 0.4) is 0 Å². The number of rotatable bonds is 5. The van der Waals surface area contributed by atoms with Crippen molar-refractivity contribution in [2.75, 3.05) is 12.0 Å². The Morgan fingerprint density at radius 3 is 2.70 bits per heavy atom. The predicted molar refractivity (Wildman–Crippen MR) is 94.8 cm³/mol. The summed E-state index contributed by atoms with van der Waals surface area (Å²) in [4.78, 5) is 26.0. The second-order valence-electron chi connectivity index (χ2n) is 6.90. The molecule has 27 heavy (non-hydrogen) atoms. The van der Waals surface area contributed by atoms with Gasteiger partial charge in [-0.1, -0.05) is 0 Å². The van der Waals surface area contributed by atoms with Crippen molar-refractivity contribution in [1.29, 1.82) is 0 Å². The van der Waals surface area contributed by atoms with E-state index in [2.05, 4.69) is 25.4 Å². The Morgan fingerprint density at radius 2 is 2.04 bits per heavy atom. The van der Waals surface area contributed by atoms with Gasteiger partial charge in [0.1, 0.15) is 18.0 Å². The number of aromatic nitrogens is 4. The lowest BCUT2D eigenvalue weighted by Gasteiger charge is -2.34. The molecule has 0 radical (unpaired) electrons. The molecule has 0 saturated heterocycles. The summed E-state index contributed by atoms with van der Waals surface area (Å²) in [5.74, 6) is -2.39. The minimum atomic E-state index is -1.08. The van der Waals surface area contributed by atoms with Crippen LogP contribution < -0.4 is 5.43 Å². The molecule has 0 spiro atoms. The number of halogens is 2. The van der Waals surface area contributed by atoms with Crippen LogP contribution >= 0.6 is 0 Å². The average Bonchev–Trinajstić information content (AvgIpc) is 2.98. The van der Waals surface area contributed by atoms with E-state index >= 15 is 0 Å². The maximum absolute atomic E-state index is 14.2. The number of aliphatic carboxylic acids is 1. The van der Waals surface area contributed by atoms with Gasteiger partial charge in [-0.05, 0) is 26.8 Å². The molecule has 142 valence electrons. The predicted octanol–water partition coefficient (Wildman–Crippen LogP) is 2.81. The van der Waals surface area contributed by atoms with Gasteiger partial charge >= 0.3 is 5.97 Å². The van der Waals surface area contributed by atoms with Crippen molar-refractivity contribution in [3.63, 3.8) is 0 Å². The van der Waals surface area contributed by atoms with Gasteiger partial charge in [-0.25, -0.2) is 28.7 Å². The minimum absolute atomic E-state index is 0.140. The van der Waals surface area contributed by atoms with E-state index in [-0.39, 0.29) is 18.2 Å². The van der Waals surface area contributed by atoms with Crippen molar-refractivity contribution >= 4 is 22.8 Å². The normalized spacial score (nSPS) is 11.9. The fourth-order valence-corrected chi connectivity index (χ4v) is 2.45.